The fraction of sp³-hybridized carbons (Fsp3) is 0.783. The van der Waals surface area contributed by atoms with E-state index in [4.69, 9.17) is 5.10 Å². The van der Waals surface area contributed by atoms with Gasteiger partial charge in [-0.15, -0.1) is 0 Å². The summed E-state index contributed by atoms with van der Waals surface area (Å²) in [5, 5.41) is 7.13. The van der Waals surface area contributed by atoms with Crippen molar-refractivity contribution in [3.05, 3.63) is 21.3 Å². The minimum atomic E-state index is -2.28. The van der Waals surface area contributed by atoms with Crippen molar-refractivity contribution in [3.8, 4) is 0 Å². The van der Waals surface area contributed by atoms with Gasteiger partial charge in [-0.1, -0.05) is 0 Å². The zero-order chi connectivity index (χ0) is 19.7. The Balaban J connectivity index is 2.20. The van der Waals surface area contributed by atoms with Gasteiger partial charge in [0.1, 0.15) is 0 Å². The zero-order valence-corrected chi connectivity index (χ0v) is 21.5. The molecule has 0 saturated carbocycles. The van der Waals surface area contributed by atoms with Gasteiger partial charge >= 0.3 is 173 Å². The van der Waals surface area contributed by atoms with E-state index in [1.54, 1.807) is 13.3 Å². The van der Waals surface area contributed by atoms with Gasteiger partial charge in [-0.25, -0.2) is 0 Å². The van der Waals surface area contributed by atoms with Crippen molar-refractivity contribution < 1.29 is 0 Å². The Kier molecular flexibility index (Phi) is 9.92. The molecule has 27 heavy (non-hydrogen) atoms. The molecule has 0 aromatic carbocycles. The summed E-state index contributed by atoms with van der Waals surface area (Å²) in [5.74, 6) is 0. The van der Waals surface area contributed by atoms with E-state index < -0.39 is 18.4 Å². The number of hydrogen-bond acceptors (Lipinski definition) is 3. The summed E-state index contributed by atoms with van der Waals surface area (Å²) in [6.07, 6.45) is 16.8. The molecule has 0 fully saturated rings. The maximum absolute atomic E-state index is 4.76. The molecule has 0 amide bonds. The van der Waals surface area contributed by atoms with Crippen LogP contribution in [0.5, 0.6) is 0 Å². The van der Waals surface area contributed by atoms with Crippen molar-refractivity contribution in [1.82, 2.24) is 9.91 Å². The molecule has 0 radical (unpaired) electrons. The molecule has 154 valence electrons. The monoisotopic (exact) mass is 481 g/mol. The Morgan fingerprint density at radius 2 is 1.59 bits per heavy atom. The summed E-state index contributed by atoms with van der Waals surface area (Å²) in [5.41, 5.74) is 1.44. The van der Waals surface area contributed by atoms with E-state index in [2.05, 4.69) is 63.1 Å². The molecule has 2 aliphatic rings. The number of likely N-dealkylation sites (N-methyl/N-ethyl adjacent to an activating group) is 1. The molecule has 0 saturated heterocycles. The number of fused-ring (bicyclic) bond motifs is 1. The van der Waals surface area contributed by atoms with Crippen molar-refractivity contribution in [2.75, 3.05) is 27.2 Å². The second kappa shape index (κ2) is 11.6. The quantitative estimate of drug-likeness (QED) is 0.308. The van der Waals surface area contributed by atoms with Gasteiger partial charge in [0.15, 0.2) is 0 Å². The summed E-state index contributed by atoms with van der Waals surface area (Å²) < 4.78 is 6.65. The van der Waals surface area contributed by atoms with E-state index in [1.165, 1.54) is 50.5 Å². The molecule has 0 aromatic rings. The van der Waals surface area contributed by atoms with Crippen LogP contribution < -0.4 is 0 Å². The minimum absolute atomic E-state index is 0.519. The van der Waals surface area contributed by atoms with Gasteiger partial charge < -0.3 is 0 Å². The summed E-state index contributed by atoms with van der Waals surface area (Å²) in [6.45, 7) is 9.24. The molecule has 4 heteroatoms. The fourth-order valence-electron chi connectivity index (χ4n) is 4.64. The number of hydrazone groups is 1. The van der Waals surface area contributed by atoms with E-state index in [9.17, 15) is 0 Å². The molecule has 1 heterocycles. The second-order valence-electron chi connectivity index (χ2n) is 8.88. The van der Waals surface area contributed by atoms with Gasteiger partial charge in [0.2, 0.25) is 0 Å². The Morgan fingerprint density at radius 3 is 2.11 bits per heavy atom. The predicted octanol–water partition coefficient (Wildman–Crippen LogP) is 5.86. The number of unbranched alkanes of at least 4 members (excludes halogenated alkanes) is 3. The van der Waals surface area contributed by atoms with Crippen LogP contribution in [0.15, 0.2) is 26.4 Å². The van der Waals surface area contributed by atoms with Crippen LogP contribution in [0.1, 0.15) is 65.7 Å². The van der Waals surface area contributed by atoms with Crippen LogP contribution in [0, 0.1) is 0 Å². The van der Waals surface area contributed by atoms with Gasteiger partial charge in [0, 0.05) is 0 Å². The van der Waals surface area contributed by atoms with E-state index in [-0.39, 0.29) is 0 Å². The predicted molar refractivity (Wildman–Crippen MR) is 123 cm³/mol. The Bertz CT molecular complexity index is 514. The van der Waals surface area contributed by atoms with Crippen LogP contribution in [0.3, 0.4) is 0 Å². The number of nitrogens with zero attached hydrogens (tertiary/aromatic N) is 3. The third-order valence-corrected chi connectivity index (χ3v) is 22.6. The molecular weight excluding hydrogens is 437 g/mol. The van der Waals surface area contributed by atoms with Gasteiger partial charge in [-0.3, -0.25) is 0 Å². The van der Waals surface area contributed by atoms with Crippen LogP contribution in [0.2, 0.25) is 13.3 Å². The topological polar surface area (TPSA) is 18.8 Å². The Morgan fingerprint density at radius 1 is 1.00 bits per heavy atom. The summed E-state index contributed by atoms with van der Waals surface area (Å²) in [6, 6.07) is 0.519. The molecule has 1 aliphatic carbocycles. The first-order chi connectivity index (χ1) is 13.1. The standard InChI is InChI=1S/C11H16N3.3C4H9.Sn/c1-13(2)7-8-14-11-6-4-3-5-10(11)9-12-14;3*1-3-4-2;/h3,5,9,11H,6-8H2,1-2H3;3*1,3-4H2,2H3;. The van der Waals surface area contributed by atoms with Gasteiger partial charge in [0.25, 0.3) is 0 Å². The molecular formula is C23H43N3Sn. The average molecular weight is 480 g/mol. The summed E-state index contributed by atoms with van der Waals surface area (Å²) in [7, 11) is 4.31. The van der Waals surface area contributed by atoms with E-state index in [1.807, 2.05) is 3.59 Å². The van der Waals surface area contributed by atoms with Crippen LogP contribution in [0.4, 0.5) is 0 Å². The first kappa shape index (κ1) is 23.0. The average Bonchev–Trinajstić information content (AvgIpc) is 3.08. The fourth-order valence-corrected chi connectivity index (χ4v) is 21.4. The molecule has 1 unspecified atom stereocenters. The third-order valence-electron chi connectivity index (χ3n) is 6.47. The van der Waals surface area contributed by atoms with Crippen LogP contribution in [0.25, 0.3) is 0 Å². The first-order valence-electron chi connectivity index (χ1n) is 11.4. The van der Waals surface area contributed by atoms with Gasteiger partial charge in [-0.2, -0.15) is 0 Å². The Hall–Kier alpha value is -0.291. The number of rotatable bonds is 13. The van der Waals surface area contributed by atoms with Gasteiger partial charge in [-0.05, 0) is 0 Å². The summed E-state index contributed by atoms with van der Waals surface area (Å²) >= 11 is -2.28. The van der Waals surface area contributed by atoms with Crippen molar-refractivity contribution in [1.29, 1.82) is 0 Å². The third kappa shape index (κ3) is 6.35. The summed E-state index contributed by atoms with van der Waals surface area (Å²) in [4.78, 5) is 2.27. The van der Waals surface area contributed by atoms with E-state index in [0.29, 0.717) is 6.04 Å². The van der Waals surface area contributed by atoms with Crippen LogP contribution >= 0.6 is 0 Å². The van der Waals surface area contributed by atoms with Crippen molar-refractivity contribution >= 4 is 24.6 Å². The van der Waals surface area contributed by atoms with E-state index in [0.717, 1.165) is 13.1 Å². The first-order valence-corrected chi connectivity index (χ1v) is 18.9. The molecule has 3 nitrogen and oxygen atoms in total. The van der Waals surface area contributed by atoms with Crippen molar-refractivity contribution in [2.24, 2.45) is 5.10 Å². The second-order valence-corrected chi connectivity index (χ2v) is 22.3. The molecule has 2 rings (SSSR count). The normalized spacial score (nSPS) is 19.5. The molecule has 0 aromatic heterocycles. The van der Waals surface area contributed by atoms with Crippen molar-refractivity contribution in [2.45, 2.75) is 85.1 Å². The maximum atomic E-state index is 4.76. The van der Waals surface area contributed by atoms with Crippen molar-refractivity contribution in [3.63, 3.8) is 0 Å². The number of allylic oxidation sites excluding steroid dienone is 2. The molecule has 0 N–H and O–H groups in total. The van der Waals surface area contributed by atoms with E-state index >= 15 is 0 Å². The van der Waals surface area contributed by atoms with Crippen LogP contribution in [-0.2, 0) is 0 Å². The Labute approximate surface area is 172 Å². The molecule has 0 bridgehead atoms. The SMILES string of the molecule is CCC[CH2][Sn]([CH2]CCC)([CH2]CCC)[C]1=CC=C2C=NN(CCN(C)C)C2C1. The van der Waals surface area contributed by atoms with Crippen LogP contribution in [-0.4, -0.2) is 67.7 Å². The number of hydrogen-bond donors (Lipinski definition) is 0. The molecule has 1 aliphatic heterocycles. The zero-order valence-electron chi connectivity index (χ0n) is 18.6. The van der Waals surface area contributed by atoms with Gasteiger partial charge in [0.05, 0.1) is 0 Å². The molecule has 0 spiro atoms. The molecule has 1 atom stereocenters.